The Kier molecular flexibility index (Phi) is 11.0. The number of piperidine rings is 1. The van der Waals surface area contributed by atoms with E-state index in [-0.39, 0.29) is 49.7 Å². The third-order valence-electron chi connectivity index (χ3n) is 7.21. The van der Waals surface area contributed by atoms with Gasteiger partial charge in [0.1, 0.15) is 22.6 Å². The molecule has 1 amide bonds. The van der Waals surface area contributed by atoms with E-state index in [9.17, 15) is 24.3 Å². The lowest BCUT2D eigenvalue weighted by Gasteiger charge is -2.33. The highest BCUT2D eigenvalue weighted by Crippen LogP contribution is 2.39. The summed E-state index contributed by atoms with van der Waals surface area (Å²) in [4.78, 5) is 58.4. The SMILES string of the molecule is CC(C)(C)OC(=O)CCC(=O)N1CCC(c2ccc(O)cc2C2=NOC(CC(=O)OC(C)(C)C)(CC(=O)OC(C)(C)C)C2)CC1. The van der Waals surface area contributed by atoms with Crippen LogP contribution in [0.3, 0.4) is 0 Å². The number of amides is 1. The number of oxime groups is 1. The van der Waals surface area contributed by atoms with Crippen molar-refractivity contribution in [3.63, 3.8) is 0 Å². The number of carbonyl (C=O) groups excluding carboxylic acids is 4. The third kappa shape index (κ3) is 11.3. The highest BCUT2D eigenvalue weighted by atomic mass is 16.7. The summed E-state index contributed by atoms with van der Waals surface area (Å²) in [5, 5.41) is 14.8. The lowest BCUT2D eigenvalue weighted by molar-refractivity contribution is -0.169. The minimum absolute atomic E-state index is 0.0340. The molecule has 0 spiro atoms. The average molecular weight is 631 g/mol. The second-order valence-electron chi connectivity index (χ2n) is 15.0. The Morgan fingerprint density at radius 2 is 1.36 bits per heavy atom. The molecule has 0 aliphatic carbocycles. The number of hydrogen-bond donors (Lipinski definition) is 1. The zero-order valence-corrected chi connectivity index (χ0v) is 28.3. The van der Waals surface area contributed by atoms with Crippen molar-refractivity contribution in [2.75, 3.05) is 13.1 Å². The van der Waals surface area contributed by atoms with Gasteiger partial charge in [-0.2, -0.15) is 0 Å². The van der Waals surface area contributed by atoms with E-state index in [1.54, 1.807) is 79.3 Å². The monoisotopic (exact) mass is 630 g/mol. The van der Waals surface area contributed by atoms with Gasteiger partial charge in [-0.15, -0.1) is 0 Å². The number of ether oxygens (including phenoxy) is 3. The van der Waals surface area contributed by atoms with E-state index in [0.717, 1.165) is 5.56 Å². The Labute approximate surface area is 266 Å². The molecular formula is C34H50N2O9. The average Bonchev–Trinajstić information content (AvgIpc) is 3.26. The highest BCUT2D eigenvalue weighted by Gasteiger charge is 2.46. The molecule has 0 saturated carbocycles. The van der Waals surface area contributed by atoms with Crippen LogP contribution in [-0.4, -0.2) is 75.0 Å². The Morgan fingerprint density at radius 1 is 0.844 bits per heavy atom. The predicted octanol–water partition coefficient (Wildman–Crippen LogP) is 5.55. The lowest BCUT2D eigenvalue weighted by atomic mass is 9.82. The molecule has 11 heteroatoms. The maximum absolute atomic E-state index is 12.9. The minimum Gasteiger partial charge on any atom is -0.508 e. The van der Waals surface area contributed by atoms with Crippen LogP contribution in [0.5, 0.6) is 5.75 Å². The lowest BCUT2D eigenvalue weighted by Crippen LogP contribution is -2.39. The molecule has 0 bridgehead atoms. The largest absolute Gasteiger partial charge is 0.508 e. The van der Waals surface area contributed by atoms with E-state index in [4.69, 9.17) is 19.0 Å². The molecule has 250 valence electrons. The van der Waals surface area contributed by atoms with E-state index in [2.05, 4.69) is 5.16 Å². The summed E-state index contributed by atoms with van der Waals surface area (Å²) < 4.78 is 16.4. The summed E-state index contributed by atoms with van der Waals surface area (Å²) in [5.74, 6) is -1.43. The van der Waals surface area contributed by atoms with Crippen molar-refractivity contribution < 1.29 is 43.3 Å². The van der Waals surface area contributed by atoms with Crippen molar-refractivity contribution in [2.24, 2.45) is 5.16 Å². The number of esters is 3. The Balaban J connectivity index is 1.74. The normalized spacial score (nSPS) is 17.3. The van der Waals surface area contributed by atoms with Gasteiger partial charge in [0.15, 0.2) is 5.60 Å². The summed E-state index contributed by atoms with van der Waals surface area (Å²) in [6, 6.07) is 5.08. The van der Waals surface area contributed by atoms with Crippen LogP contribution >= 0.6 is 0 Å². The fourth-order valence-electron chi connectivity index (χ4n) is 5.55. The van der Waals surface area contributed by atoms with E-state index < -0.39 is 40.3 Å². The number of rotatable bonds is 9. The summed E-state index contributed by atoms with van der Waals surface area (Å²) in [5.41, 5.74) is -1.26. The van der Waals surface area contributed by atoms with Crippen LogP contribution in [-0.2, 0) is 38.2 Å². The van der Waals surface area contributed by atoms with Gasteiger partial charge in [-0.3, -0.25) is 19.2 Å². The van der Waals surface area contributed by atoms with Crippen LogP contribution in [0.15, 0.2) is 23.4 Å². The maximum atomic E-state index is 12.9. The van der Waals surface area contributed by atoms with E-state index in [0.29, 0.717) is 37.2 Å². The number of aromatic hydroxyl groups is 1. The van der Waals surface area contributed by atoms with Gasteiger partial charge in [-0.25, -0.2) is 0 Å². The summed E-state index contributed by atoms with van der Waals surface area (Å²) in [6.45, 7) is 17.0. The van der Waals surface area contributed by atoms with Gasteiger partial charge in [-0.1, -0.05) is 11.2 Å². The first-order valence-electron chi connectivity index (χ1n) is 15.7. The van der Waals surface area contributed by atoms with Crippen molar-refractivity contribution in [1.29, 1.82) is 0 Å². The molecule has 0 aromatic heterocycles. The molecule has 1 aromatic carbocycles. The number of phenols is 1. The first-order chi connectivity index (χ1) is 20.6. The van der Waals surface area contributed by atoms with E-state index >= 15 is 0 Å². The standard InChI is InChI=1S/C34H50N2O9/c1-31(2,3)42-28(39)13-12-27(38)36-16-14-22(15-17-36)24-11-10-23(37)18-25(24)26-19-34(45-35-26,20-29(40)43-32(4,5)6)21-30(41)44-33(7,8)9/h10-11,18,22,37H,12-17,19-21H2,1-9H3. The van der Waals surface area contributed by atoms with Crippen LogP contribution in [0.1, 0.15) is 124 Å². The Bertz CT molecular complexity index is 1260. The van der Waals surface area contributed by atoms with Gasteiger partial charge in [0.25, 0.3) is 0 Å². The molecule has 1 fully saturated rings. The molecule has 3 rings (SSSR count). The molecule has 1 aromatic rings. The fourth-order valence-corrected chi connectivity index (χ4v) is 5.55. The molecule has 45 heavy (non-hydrogen) atoms. The van der Waals surface area contributed by atoms with Crippen LogP contribution < -0.4 is 0 Å². The third-order valence-corrected chi connectivity index (χ3v) is 7.21. The molecule has 1 N–H and O–H groups in total. The maximum Gasteiger partial charge on any atom is 0.310 e. The summed E-state index contributed by atoms with van der Waals surface area (Å²) in [7, 11) is 0. The number of phenolic OH excluding ortho intramolecular Hbond substituents is 1. The smallest absolute Gasteiger partial charge is 0.310 e. The minimum atomic E-state index is -1.31. The van der Waals surface area contributed by atoms with Crippen molar-refractivity contribution in [3.05, 3.63) is 29.3 Å². The van der Waals surface area contributed by atoms with Crippen LogP contribution in [0.2, 0.25) is 0 Å². The predicted molar refractivity (Wildman–Crippen MR) is 168 cm³/mol. The molecule has 2 aliphatic heterocycles. The van der Waals surface area contributed by atoms with Gasteiger partial charge < -0.3 is 29.1 Å². The number of carbonyl (C=O) groups is 4. The molecule has 0 atom stereocenters. The number of nitrogens with zero attached hydrogens (tertiary/aromatic N) is 2. The molecule has 1 saturated heterocycles. The second kappa shape index (κ2) is 13.8. The first kappa shape index (κ1) is 35.8. The second-order valence-corrected chi connectivity index (χ2v) is 15.0. The highest BCUT2D eigenvalue weighted by molar-refractivity contribution is 6.04. The van der Waals surface area contributed by atoms with Gasteiger partial charge in [0, 0.05) is 31.5 Å². The molecule has 0 radical (unpaired) electrons. The van der Waals surface area contributed by atoms with Crippen LogP contribution in [0.25, 0.3) is 0 Å². The van der Waals surface area contributed by atoms with Crippen molar-refractivity contribution >= 4 is 29.5 Å². The molecule has 2 heterocycles. The number of benzene rings is 1. The quantitative estimate of drug-likeness (QED) is 0.275. The summed E-state index contributed by atoms with van der Waals surface area (Å²) >= 11 is 0. The number of hydrogen-bond acceptors (Lipinski definition) is 10. The number of likely N-dealkylation sites (tertiary alicyclic amines) is 1. The molecule has 11 nitrogen and oxygen atoms in total. The zero-order chi connectivity index (χ0) is 33.8. The molecule has 2 aliphatic rings. The zero-order valence-electron chi connectivity index (χ0n) is 28.3. The van der Waals surface area contributed by atoms with Gasteiger partial charge in [0.2, 0.25) is 5.91 Å². The Hall–Kier alpha value is -3.63. The molecular weight excluding hydrogens is 580 g/mol. The van der Waals surface area contributed by atoms with Gasteiger partial charge >= 0.3 is 17.9 Å². The first-order valence-corrected chi connectivity index (χ1v) is 15.7. The Morgan fingerprint density at radius 3 is 1.87 bits per heavy atom. The van der Waals surface area contributed by atoms with Gasteiger partial charge in [-0.05, 0) is 98.8 Å². The van der Waals surface area contributed by atoms with Crippen molar-refractivity contribution in [1.82, 2.24) is 4.90 Å². The fraction of sp³-hybridized carbons (Fsp3) is 0.676. The van der Waals surface area contributed by atoms with E-state index in [1.165, 1.54) is 0 Å². The molecule has 0 unspecified atom stereocenters. The summed E-state index contributed by atoms with van der Waals surface area (Å²) in [6.07, 6.45) is 1.17. The van der Waals surface area contributed by atoms with Crippen LogP contribution in [0, 0.1) is 0 Å². The van der Waals surface area contributed by atoms with E-state index in [1.807, 2.05) is 6.07 Å². The van der Waals surface area contributed by atoms with Crippen LogP contribution in [0.4, 0.5) is 0 Å². The topological polar surface area (TPSA) is 141 Å². The van der Waals surface area contributed by atoms with Crippen molar-refractivity contribution in [3.8, 4) is 5.75 Å². The van der Waals surface area contributed by atoms with Crippen molar-refractivity contribution in [2.45, 2.75) is 136 Å². The van der Waals surface area contributed by atoms with Gasteiger partial charge in [0.05, 0.1) is 25.0 Å².